The number of aliphatic hydroxyl groups is 2. The predicted molar refractivity (Wildman–Crippen MR) is 103 cm³/mol. The van der Waals surface area contributed by atoms with Crippen molar-refractivity contribution in [3.05, 3.63) is 29.8 Å². The summed E-state index contributed by atoms with van der Waals surface area (Å²) in [6.45, 7) is 7.65. The van der Waals surface area contributed by atoms with Gasteiger partial charge in [0.25, 0.3) is 0 Å². The van der Waals surface area contributed by atoms with Crippen molar-refractivity contribution in [2.75, 3.05) is 26.4 Å². The van der Waals surface area contributed by atoms with Gasteiger partial charge in [-0.2, -0.15) is 0 Å². The van der Waals surface area contributed by atoms with E-state index < -0.39 is 0 Å². The maximum absolute atomic E-state index is 9.55. The van der Waals surface area contributed by atoms with E-state index in [0.29, 0.717) is 5.75 Å². The topological polar surface area (TPSA) is 69.9 Å². The van der Waals surface area contributed by atoms with Gasteiger partial charge >= 0.3 is 29.6 Å². The zero-order chi connectivity index (χ0) is 18.5. The van der Waals surface area contributed by atoms with E-state index in [9.17, 15) is 5.11 Å². The van der Waals surface area contributed by atoms with E-state index in [1.807, 2.05) is 32.0 Å². The number of aliphatic hydroxyl groups excluding tert-OH is 2. The number of hydrogen-bond acceptors (Lipinski definition) is 4. The molecule has 144 valence electrons. The second-order valence-electron chi connectivity index (χ2n) is 5.38. The molecular weight excluding hydrogens is 327 g/mol. The van der Waals surface area contributed by atoms with E-state index in [-0.39, 0.29) is 44.2 Å². The van der Waals surface area contributed by atoms with Crippen molar-refractivity contribution in [1.29, 1.82) is 0 Å². The number of phenols is 1. The van der Waals surface area contributed by atoms with Crippen molar-refractivity contribution in [2.45, 2.75) is 65.7 Å². The van der Waals surface area contributed by atoms with E-state index in [0.717, 1.165) is 25.2 Å². The summed E-state index contributed by atoms with van der Waals surface area (Å²) in [4.78, 5) is 0. The Labute approximate surface area is 178 Å². The van der Waals surface area contributed by atoms with Crippen LogP contribution in [0, 0.1) is 0 Å². The molecule has 4 nitrogen and oxygen atoms in total. The average Bonchev–Trinajstić information content (AvgIpc) is 2.61. The molecule has 5 heteroatoms. The van der Waals surface area contributed by atoms with Crippen molar-refractivity contribution < 1.29 is 51.0 Å². The zero-order valence-electron chi connectivity index (χ0n) is 17.8. The number of ether oxygens (including phenoxy) is 1. The molecule has 3 N–H and O–H groups in total. The molecule has 1 aromatic rings. The molecule has 0 spiro atoms. The molecule has 1 rings (SSSR count). The van der Waals surface area contributed by atoms with Gasteiger partial charge in [0.2, 0.25) is 0 Å². The summed E-state index contributed by atoms with van der Waals surface area (Å²) in [5.41, 5.74) is 1.09. The number of aromatic hydroxyl groups is 1. The monoisotopic (exact) mass is 366 g/mol. The van der Waals surface area contributed by atoms with Crippen LogP contribution in [0.4, 0.5) is 0 Å². The number of aryl methyl sites for hydroxylation is 1. The number of para-hydroxylation sites is 1. The number of rotatable bonds is 10. The molecule has 0 aliphatic carbocycles. The Balaban J connectivity index is -0.000000186. The minimum absolute atomic E-state index is 0. The first-order valence-corrected chi connectivity index (χ1v) is 9.24. The van der Waals surface area contributed by atoms with Crippen molar-refractivity contribution in [1.82, 2.24) is 0 Å². The van der Waals surface area contributed by atoms with Crippen LogP contribution in [0.15, 0.2) is 24.3 Å². The Kier molecular flexibility index (Phi) is 31.0. The summed E-state index contributed by atoms with van der Waals surface area (Å²) in [5.74, 6) is 0.450. The Morgan fingerprint density at radius 2 is 1.36 bits per heavy atom. The summed E-state index contributed by atoms with van der Waals surface area (Å²) in [5, 5.41) is 24.8. The summed E-state index contributed by atoms with van der Waals surface area (Å²) >= 11 is 0. The zero-order valence-corrected chi connectivity index (χ0v) is 18.8. The molecule has 0 aromatic heterocycles. The molecule has 0 heterocycles. The molecule has 0 atom stereocenters. The minimum atomic E-state index is -0.125. The molecule has 0 bridgehead atoms. The predicted octanol–water partition coefficient (Wildman–Crippen LogP) is 1.43. The van der Waals surface area contributed by atoms with E-state index in [1.54, 1.807) is 6.07 Å². The van der Waals surface area contributed by atoms with Crippen LogP contribution in [0.25, 0.3) is 0 Å². The fourth-order valence-corrected chi connectivity index (χ4v) is 2.02. The van der Waals surface area contributed by atoms with E-state index >= 15 is 0 Å². The largest absolute Gasteiger partial charge is 1.00 e. The molecule has 0 amide bonds. The van der Waals surface area contributed by atoms with E-state index in [1.165, 1.54) is 38.5 Å². The summed E-state index contributed by atoms with van der Waals surface area (Å²) < 4.78 is 4.83. The standard InChI is InChI=1S/C14H22O.C4H10O.C2H6O2.Na.H/c1-2-3-4-5-6-7-10-13-11-8-9-12-14(13)15;1-3-5-4-2;3-1-2-4;;/h8-9,11-12,15H,2-7,10H2,1H3;3-4H2,1-2H3;3-4H,1-2H2;;/q;;;+1;-1. The van der Waals surface area contributed by atoms with Gasteiger partial charge in [0.05, 0.1) is 13.2 Å². The van der Waals surface area contributed by atoms with Crippen LogP contribution in [-0.2, 0) is 11.2 Å². The van der Waals surface area contributed by atoms with Crippen LogP contribution in [0.3, 0.4) is 0 Å². The maximum atomic E-state index is 9.55. The second kappa shape index (κ2) is 26.1. The molecule has 25 heavy (non-hydrogen) atoms. The number of phenolic OH excluding ortho intramolecular Hbond substituents is 1. The van der Waals surface area contributed by atoms with Crippen LogP contribution < -0.4 is 29.6 Å². The molecule has 1 aromatic carbocycles. The van der Waals surface area contributed by atoms with Gasteiger partial charge < -0.3 is 21.5 Å². The summed E-state index contributed by atoms with van der Waals surface area (Å²) in [6.07, 6.45) is 8.85. The Bertz CT molecular complexity index is 350. The number of unbranched alkanes of at least 4 members (excludes halogenated alkanes) is 5. The van der Waals surface area contributed by atoms with Crippen molar-refractivity contribution >= 4 is 0 Å². The van der Waals surface area contributed by atoms with Gasteiger partial charge in [0.15, 0.2) is 0 Å². The molecule has 0 aliphatic rings. The Hall–Kier alpha value is -0.100. The van der Waals surface area contributed by atoms with Gasteiger partial charge in [-0.3, -0.25) is 0 Å². The summed E-state index contributed by atoms with van der Waals surface area (Å²) in [6, 6.07) is 7.65. The molecule has 0 unspecified atom stereocenters. The molecule has 0 saturated heterocycles. The van der Waals surface area contributed by atoms with Crippen LogP contribution in [0.2, 0.25) is 0 Å². The van der Waals surface area contributed by atoms with Crippen molar-refractivity contribution in [3.8, 4) is 5.75 Å². The van der Waals surface area contributed by atoms with Crippen LogP contribution in [0.1, 0.15) is 66.3 Å². The maximum Gasteiger partial charge on any atom is 1.00 e. The third-order valence-corrected chi connectivity index (χ3v) is 3.30. The first-order valence-electron chi connectivity index (χ1n) is 9.24. The van der Waals surface area contributed by atoms with Crippen LogP contribution >= 0.6 is 0 Å². The van der Waals surface area contributed by atoms with E-state index in [2.05, 4.69) is 6.92 Å². The molecule has 0 aliphatic heterocycles. The SMILES string of the molecule is CCCCCCCCc1ccccc1O.CCOCC.OCCO.[H-].[Na+]. The molecule has 0 saturated carbocycles. The number of hydrogen-bond donors (Lipinski definition) is 3. The fourth-order valence-electron chi connectivity index (χ4n) is 2.02. The Morgan fingerprint density at radius 1 is 0.840 bits per heavy atom. The average molecular weight is 367 g/mol. The van der Waals surface area contributed by atoms with E-state index in [4.69, 9.17) is 14.9 Å². The van der Waals surface area contributed by atoms with Crippen LogP contribution in [0.5, 0.6) is 5.75 Å². The molecular formula is C20H39NaO4. The summed E-state index contributed by atoms with van der Waals surface area (Å²) in [7, 11) is 0. The first kappa shape index (κ1) is 29.7. The molecule has 0 radical (unpaired) electrons. The van der Waals surface area contributed by atoms with Gasteiger partial charge in [-0.05, 0) is 38.3 Å². The van der Waals surface area contributed by atoms with Gasteiger partial charge in [-0.1, -0.05) is 57.2 Å². The number of benzene rings is 1. The molecule has 0 fully saturated rings. The first-order chi connectivity index (χ1) is 11.7. The third-order valence-electron chi connectivity index (χ3n) is 3.30. The minimum Gasteiger partial charge on any atom is -1.00 e. The van der Waals surface area contributed by atoms with Gasteiger partial charge in [0.1, 0.15) is 5.75 Å². The third kappa shape index (κ3) is 23.9. The fraction of sp³-hybridized carbons (Fsp3) is 0.700. The van der Waals surface area contributed by atoms with Gasteiger partial charge in [0, 0.05) is 13.2 Å². The second-order valence-corrected chi connectivity index (χ2v) is 5.38. The van der Waals surface area contributed by atoms with Crippen molar-refractivity contribution in [3.63, 3.8) is 0 Å². The smallest absolute Gasteiger partial charge is 1.00 e. The quantitative estimate of drug-likeness (QED) is 0.433. The van der Waals surface area contributed by atoms with Gasteiger partial charge in [-0.15, -0.1) is 0 Å². The Morgan fingerprint density at radius 3 is 1.80 bits per heavy atom. The van der Waals surface area contributed by atoms with Crippen LogP contribution in [-0.4, -0.2) is 41.7 Å². The van der Waals surface area contributed by atoms with Gasteiger partial charge in [-0.25, -0.2) is 0 Å². The van der Waals surface area contributed by atoms with Crippen molar-refractivity contribution in [2.24, 2.45) is 0 Å². The normalized spacial score (nSPS) is 9.16.